The van der Waals surface area contributed by atoms with Crippen molar-refractivity contribution in [3.05, 3.63) is 29.3 Å². The lowest BCUT2D eigenvalue weighted by Gasteiger charge is -2.13. The first-order valence-electron chi connectivity index (χ1n) is 7.41. The Labute approximate surface area is 120 Å². The summed E-state index contributed by atoms with van der Waals surface area (Å²) in [6.07, 6.45) is 2.84. The highest BCUT2D eigenvalue weighted by molar-refractivity contribution is 5.76. The zero-order chi connectivity index (χ0) is 14.4. The topological polar surface area (TPSA) is 50.4 Å². The molecule has 1 aliphatic rings. The maximum atomic E-state index is 11.9. The van der Waals surface area contributed by atoms with Gasteiger partial charge in [-0.3, -0.25) is 4.79 Å². The molecule has 1 fully saturated rings. The summed E-state index contributed by atoms with van der Waals surface area (Å²) < 4.78 is 5.62. The summed E-state index contributed by atoms with van der Waals surface area (Å²) >= 11 is 0. The average Bonchev–Trinajstić information content (AvgIpc) is 2.91. The minimum absolute atomic E-state index is 0.104. The molecule has 4 heteroatoms. The van der Waals surface area contributed by atoms with Crippen molar-refractivity contribution < 1.29 is 9.53 Å². The summed E-state index contributed by atoms with van der Waals surface area (Å²) in [7, 11) is 0. The molecule has 2 rings (SSSR count). The fourth-order valence-corrected chi connectivity index (χ4v) is 2.52. The highest BCUT2D eigenvalue weighted by Crippen LogP contribution is 2.20. The number of hydrogen-bond donors (Lipinski definition) is 2. The van der Waals surface area contributed by atoms with E-state index in [-0.39, 0.29) is 5.91 Å². The number of benzene rings is 1. The normalized spacial score (nSPS) is 18.0. The van der Waals surface area contributed by atoms with E-state index in [1.54, 1.807) is 0 Å². The fraction of sp³-hybridized carbons (Fsp3) is 0.562. The van der Waals surface area contributed by atoms with E-state index < -0.39 is 0 Å². The first-order chi connectivity index (χ1) is 9.69. The van der Waals surface area contributed by atoms with E-state index in [1.165, 1.54) is 12.0 Å². The van der Waals surface area contributed by atoms with Crippen LogP contribution in [0.1, 0.15) is 37.3 Å². The number of ether oxygens (including phenoxy) is 1. The van der Waals surface area contributed by atoms with Crippen LogP contribution in [0.5, 0.6) is 5.75 Å². The molecule has 0 aromatic heterocycles. The third-order valence-corrected chi connectivity index (χ3v) is 3.59. The third kappa shape index (κ3) is 4.23. The van der Waals surface area contributed by atoms with Gasteiger partial charge in [0.1, 0.15) is 5.75 Å². The third-order valence-electron chi connectivity index (χ3n) is 3.59. The summed E-state index contributed by atoms with van der Waals surface area (Å²) in [6, 6.07) is 6.43. The lowest BCUT2D eigenvalue weighted by atomic mass is 10.1. The van der Waals surface area contributed by atoms with Crippen LogP contribution in [-0.2, 0) is 11.3 Å². The molecule has 1 heterocycles. The van der Waals surface area contributed by atoms with Crippen molar-refractivity contribution in [3.63, 3.8) is 0 Å². The number of nitrogens with one attached hydrogen (secondary N) is 2. The van der Waals surface area contributed by atoms with Crippen molar-refractivity contribution in [1.82, 2.24) is 10.6 Å². The predicted molar refractivity (Wildman–Crippen MR) is 79.8 cm³/mol. The van der Waals surface area contributed by atoms with Crippen molar-refractivity contribution >= 4 is 5.91 Å². The highest BCUT2D eigenvalue weighted by atomic mass is 16.5. The first kappa shape index (κ1) is 14.9. The van der Waals surface area contributed by atoms with Gasteiger partial charge in [-0.15, -0.1) is 0 Å². The Morgan fingerprint density at radius 3 is 3.05 bits per heavy atom. The molecule has 1 aliphatic heterocycles. The summed E-state index contributed by atoms with van der Waals surface area (Å²) in [5, 5.41) is 6.32. The molecule has 1 aromatic carbocycles. The van der Waals surface area contributed by atoms with Gasteiger partial charge in [0.2, 0.25) is 5.91 Å². The quantitative estimate of drug-likeness (QED) is 0.837. The van der Waals surface area contributed by atoms with Crippen LogP contribution in [0, 0.1) is 6.92 Å². The Hall–Kier alpha value is -1.55. The van der Waals surface area contributed by atoms with Gasteiger partial charge in [0.25, 0.3) is 0 Å². The number of carbonyl (C=O) groups excluding carboxylic acids is 1. The zero-order valence-electron chi connectivity index (χ0n) is 12.4. The predicted octanol–water partition coefficient (Wildman–Crippen LogP) is 2.15. The van der Waals surface area contributed by atoms with Crippen LogP contribution in [-0.4, -0.2) is 25.1 Å². The van der Waals surface area contributed by atoms with Crippen LogP contribution < -0.4 is 15.4 Å². The highest BCUT2D eigenvalue weighted by Gasteiger charge is 2.17. The molecule has 0 spiro atoms. The van der Waals surface area contributed by atoms with Crippen molar-refractivity contribution in [2.45, 2.75) is 45.7 Å². The number of amides is 1. The summed E-state index contributed by atoms with van der Waals surface area (Å²) in [4.78, 5) is 11.9. The molecule has 1 amide bonds. The molecule has 0 radical (unpaired) electrons. The van der Waals surface area contributed by atoms with Gasteiger partial charge in [0.05, 0.1) is 6.61 Å². The van der Waals surface area contributed by atoms with E-state index in [2.05, 4.69) is 10.6 Å². The van der Waals surface area contributed by atoms with Crippen LogP contribution in [0.4, 0.5) is 0 Å². The van der Waals surface area contributed by atoms with Crippen molar-refractivity contribution in [2.24, 2.45) is 0 Å². The van der Waals surface area contributed by atoms with Gasteiger partial charge in [0, 0.05) is 24.6 Å². The fourth-order valence-electron chi connectivity index (χ4n) is 2.52. The molecular formula is C16H24N2O2. The van der Waals surface area contributed by atoms with E-state index in [9.17, 15) is 4.79 Å². The molecule has 110 valence electrons. The number of carbonyl (C=O) groups is 1. The lowest BCUT2D eigenvalue weighted by molar-refractivity contribution is -0.121. The molecule has 0 bridgehead atoms. The second-order valence-corrected chi connectivity index (χ2v) is 5.32. The van der Waals surface area contributed by atoms with Crippen LogP contribution in [0.25, 0.3) is 0 Å². The van der Waals surface area contributed by atoms with E-state index in [0.717, 1.165) is 24.3 Å². The number of aryl methyl sites for hydroxylation is 1. The Morgan fingerprint density at radius 1 is 1.50 bits per heavy atom. The largest absolute Gasteiger partial charge is 0.494 e. The zero-order valence-corrected chi connectivity index (χ0v) is 12.4. The summed E-state index contributed by atoms with van der Waals surface area (Å²) in [5.41, 5.74) is 2.20. The van der Waals surface area contributed by atoms with Gasteiger partial charge < -0.3 is 15.4 Å². The van der Waals surface area contributed by atoms with Gasteiger partial charge in [-0.1, -0.05) is 12.1 Å². The van der Waals surface area contributed by atoms with Crippen LogP contribution in [0.2, 0.25) is 0 Å². The molecule has 4 nitrogen and oxygen atoms in total. The molecule has 1 atom stereocenters. The summed E-state index contributed by atoms with van der Waals surface area (Å²) in [6.45, 7) is 6.20. The van der Waals surface area contributed by atoms with E-state index in [1.807, 2.05) is 32.0 Å². The van der Waals surface area contributed by atoms with Gasteiger partial charge in [-0.2, -0.15) is 0 Å². The smallest absolute Gasteiger partial charge is 0.221 e. The Balaban J connectivity index is 1.87. The van der Waals surface area contributed by atoms with Crippen LogP contribution in [0.15, 0.2) is 18.2 Å². The molecular weight excluding hydrogens is 252 g/mol. The van der Waals surface area contributed by atoms with Gasteiger partial charge in [-0.25, -0.2) is 0 Å². The van der Waals surface area contributed by atoms with Crippen molar-refractivity contribution in [2.75, 3.05) is 13.2 Å². The Kier molecular flexibility index (Phi) is 5.41. The second-order valence-electron chi connectivity index (χ2n) is 5.32. The molecule has 0 saturated carbocycles. The maximum absolute atomic E-state index is 11.9. The maximum Gasteiger partial charge on any atom is 0.221 e. The van der Waals surface area contributed by atoms with Gasteiger partial charge in [0.15, 0.2) is 0 Å². The molecule has 1 aromatic rings. The van der Waals surface area contributed by atoms with Gasteiger partial charge >= 0.3 is 0 Å². The number of hydrogen-bond acceptors (Lipinski definition) is 3. The Morgan fingerprint density at radius 2 is 2.35 bits per heavy atom. The molecule has 1 unspecified atom stereocenters. The Bertz CT molecular complexity index is 454. The van der Waals surface area contributed by atoms with Gasteiger partial charge in [-0.05, 0) is 44.9 Å². The lowest BCUT2D eigenvalue weighted by Crippen LogP contribution is -2.31. The van der Waals surface area contributed by atoms with Crippen molar-refractivity contribution in [3.8, 4) is 5.75 Å². The summed E-state index contributed by atoms with van der Waals surface area (Å²) in [5.74, 6) is 0.971. The molecule has 1 saturated heterocycles. The molecule has 20 heavy (non-hydrogen) atoms. The van der Waals surface area contributed by atoms with E-state index in [4.69, 9.17) is 4.74 Å². The average molecular weight is 276 g/mol. The van der Waals surface area contributed by atoms with E-state index >= 15 is 0 Å². The van der Waals surface area contributed by atoms with Crippen LogP contribution in [0.3, 0.4) is 0 Å². The standard InChI is InChI=1S/C16H24N2O2/c1-3-20-15-9-12(2)6-7-13(15)11-18-16(19)10-14-5-4-8-17-14/h6-7,9,14,17H,3-5,8,10-11H2,1-2H3,(H,18,19). The van der Waals surface area contributed by atoms with Crippen molar-refractivity contribution in [1.29, 1.82) is 0 Å². The van der Waals surface area contributed by atoms with E-state index in [0.29, 0.717) is 25.6 Å². The second kappa shape index (κ2) is 7.29. The minimum Gasteiger partial charge on any atom is -0.494 e. The monoisotopic (exact) mass is 276 g/mol. The minimum atomic E-state index is 0.104. The van der Waals surface area contributed by atoms with Crippen LogP contribution >= 0.6 is 0 Å². The first-order valence-corrected chi connectivity index (χ1v) is 7.41. The SMILES string of the molecule is CCOc1cc(C)ccc1CNC(=O)CC1CCCN1. The molecule has 0 aliphatic carbocycles. The molecule has 2 N–H and O–H groups in total. The number of rotatable bonds is 6.